The van der Waals surface area contributed by atoms with E-state index in [4.69, 9.17) is 33.3 Å². The molecular weight excluding hydrogens is 548 g/mol. The molecule has 0 aromatic heterocycles. The fraction of sp³-hybridized carbons (Fsp3) is 0.261. The van der Waals surface area contributed by atoms with E-state index in [9.17, 15) is 9.59 Å². The fourth-order valence-corrected chi connectivity index (χ4v) is 4.85. The first-order chi connectivity index (χ1) is 15.8. The molecule has 1 aliphatic heterocycles. The van der Waals surface area contributed by atoms with Gasteiger partial charge in [0, 0.05) is 10.6 Å². The second kappa shape index (κ2) is 11.9. The first-order valence-corrected chi connectivity index (χ1v) is 12.7. The Morgan fingerprint density at radius 3 is 2.76 bits per heavy atom. The molecular formula is C23H22BrClN2O4S2. The molecule has 0 saturated carbocycles. The van der Waals surface area contributed by atoms with Crippen LogP contribution in [-0.4, -0.2) is 34.4 Å². The summed E-state index contributed by atoms with van der Waals surface area (Å²) in [5.74, 6) is 0.311. The Morgan fingerprint density at radius 1 is 1.27 bits per heavy atom. The van der Waals surface area contributed by atoms with Gasteiger partial charge in [0.15, 0.2) is 15.8 Å². The smallest absolute Gasteiger partial charge is 0.285 e. The van der Waals surface area contributed by atoms with Gasteiger partial charge in [0.25, 0.3) is 11.8 Å². The number of carbonyl (C=O) groups is 2. The van der Waals surface area contributed by atoms with Crippen molar-refractivity contribution in [2.45, 2.75) is 26.7 Å². The van der Waals surface area contributed by atoms with Gasteiger partial charge in [-0.1, -0.05) is 42.8 Å². The van der Waals surface area contributed by atoms with Gasteiger partial charge in [-0.15, -0.1) is 0 Å². The van der Waals surface area contributed by atoms with E-state index < -0.39 is 11.8 Å². The number of hydrogen-bond acceptors (Lipinski definition) is 6. The lowest BCUT2D eigenvalue weighted by Crippen LogP contribution is -2.44. The molecule has 3 rings (SSSR count). The SMILES string of the molecule is CCCCOc1c(Br)cc(/C=C2\SC(=S)N(NC(=O)c3cccc(Cl)c3)C2=O)cc1OCC. The number of thioether (sulfide) groups is 1. The maximum atomic E-state index is 12.9. The summed E-state index contributed by atoms with van der Waals surface area (Å²) < 4.78 is 12.6. The normalized spacial score (nSPS) is 14.7. The highest BCUT2D eigenvalue weighted by Gasteiger charge is 2.34. The first kappa shape index (κ1) is 25.6. The molecule has 0 unspecified atom stereocenters. The Kier molecular flexibility index (Phi) is 9.19. The summed E-state index contributed by atoms with van der Waals surface area (Å²) in [5, 5.41) is 1.49. The highest BCUT2D eigenvalue weighted by Crippen LogP contribution is 2.39. The van der Waals surface area contributed by atoms with Gasteiger partial charge >= 0.3 is 0 Å². The molecule has 2 aromatic rings. The lowest BCUT2D eigenvalue weighted by molar-refractivity contribution is -0.123. The lowest BCUT2D eigenvalue weighted by Gasteiger charge is -2.16. The summed E-state index contributed by atoms with van der Waals surface area (Å²) in [7, 11) is 0. The van der Waals surface area contributed by atoms with Crippen LogP contribution in [0.2, 0.25) is 5.02 Å². The van der Waals surface area contributed by atoms with Crippen molar-refractivity contribution in [2.24, 2.45) is 0 Å². The van der Waals surface area contributed by atoms with Crippen LogP contribution in [0.3, 0.4) is 0 Å². The molecule has 0 bridgehead atoms. The van der Waals surface area contributed by atoms with Crippen molar-refractivity contribution >= 4 is 73.7 Å². The Balaban J connectivity index is 1.81. The predicted molar refractivity (Wildman–Crippen MR) is 140 cm³/mol. The van der Waals surface area contributed by atoms with Crippen molar-refractivity contribution < 1.29 is 19.1 Å². The van der Waals surface area contributed by atoms with Crippen molar-refractivity contribution in [3.05, 3.63) is 61.9 Å². The highest BCUT2D eigenvalue weighted by atomic mass is 79.9. The molecule has 2 amide bonds. The van der Waals surface area contributed by atoms with E-state index in [1.807, 2.05) is 19.1 Å². The Labute approximate surface area is 215 Å². The molecule has 2 aromatic carbocycles. The standard InChI is InChI=1S/C23H22BrClN2O4S2/c1-3-5-9-31-20-17(24)10-14(11-18(20)30-4-2)12-19-22(29)27(23(32)33-19)26-21(28)15-7-6-8-16(25)13-15/h6-8,10-13H,3-5,9H2,1-2H3,(H,26,28)/b19-12-. The van der Waals surface area contributed by atoms with E-state index in [0.29, 0.717) is 40.2 Å². The van der Waals surface area contributed by atoms with Gasteiger partial charge in [-0.3, -0.25) is 15.0 Å². The molecule has 0 radical (unpaired) electrons. The van der Waals surface area contributed by atoms with Crippen LogP contribution in [0.4, 0.5) is 0 Å². The third-order valence-corrected chi connectivity index (χ3v) is 6.59. The van der Waals surface area contributed by atoms with Crippen molar-refractivity contribution in [3.63, 3.8) is 0 Å². The number of halogens is 2. The zero-order chi connectivity index (χ0) is 24.0. The minimum atomic E-state index is -0.481. The number of hydrazine groups is 1. The monoisotopic (exact) mass is 568 g/mol. The van der Waals surface area contributed by atoms with Crippen molar-refractivity contribution in [1.82, 2.24) is 10.4 Å². The first-order valence-electron chi connectivity index (χ1n) is 10.3. The van der Waals surface area contributed by atoms with Crippen LogP contribution in [0.15, 0.2) is 45.8 Å². The van der Waals surface area contributed by atoms with E-state index in [1.54, 1.807) is 24.3 Å². The Morgan fingerprint density at radius 2 is 2.06 bits per heavy atom. The number of unbranched alkanes of at least 4 members (excludes halogenated alkanes) is 1. The van der Waals surface area contributed by atoms with E-state index in [2.05, 4.69) is 28.3 Å². The third kappa shape index (κ3) is 6.50. The summed E-state index contributed by atoms with van der Waals surface area (Å²) in [6.07, 6.45) is 3.66. The fourth-order valence-electron chi connectivity index (χ4n) is 2.90. The van der Waals surface area contributed by atoms with E-state index in [0.717, 1.165) is 39.6 Å². The number of carbonyl (C=O) groups excluding carboxylic acids is 2. The van der Waals surface area contributed by atoms with Crippen molar-refractivity contribution in [2.75, 3.05) is 13.2 Å². The molecule has 0 atom stereocenters. The van der Waals surface area contributed by atoms with Gasteiger partial charge < -0.3 is 9.47 Å². The zero-order valence-electron chi connectivity index (χ0n) is 18.0. The van der Waals surface area contributed by atoms with E-state index in [-0.39, 0.29) is 4.32 Å². The summed E-state index contributed by atoms with van der Waals surface area (Å²) in [6.45, 7) is 5.04. The van der Waals surface area contributed by atoms with Gasteiger partial charge in [-0.2, -0.15) is 5.01 Å². The highest BCUT2D eigenvalue weighted by molar-refractivity contribution is 9.10. The molecule has 174 valence electrons. The summed E-state index contributed by atoms with van der Waals surface area (Å²) in [5.41, 5.74) is 3.60. The van der Waals surface area contributed by atoms with Crippen LogP contribution in [0.5, 0.6) is 11.5 Å². The van der Waals surface area contributed by atoms with Crippen LogP contribution < -0.4 is 14.9 Å². The number of nitrogens with zero attached hydrogens (tertiary/aromatic N) is 1. The predicted octanol–water partition coefficient (Wildman–Crippen LogP) is 6.23. The largest absolute Gasteiger partial charge is 0.490 e. The maximum Gasteiger partial charge on any atom is 0.285 e. The maximum absolute atomic E-state index is 12.9. The molecule has 1 saturated heterocycles. The minimum Gasteiger partial charge on any atom is -0.490 e. The van der Waals surface area contributed by atoms with Gasteiger partial charge in [-0.05, 0) is 83.5 Å². The summed E-state index contributed by atoms with van der Waals surface area (Å²) >= 11 is 15.9. The van der Waals surface area contributed by atoms with Crippen molar-refractivity contribution in [1.29, 1.82) is 0 Å². The lowest BCUT2D eigenvalue weighted by atomic mass is 10.2. The summed E-state index contributed by atoms with van der Waals surface area (Å²) in [4.78, 5) is 25.8. The van der Waals surface area contributed by atoms with Gasteiger partial charge in [0.1, 0.15) is 0 Å². The Hall–Kier alpha value is -2.07. The second-order valence-electron chi connectivity index (χ2n) is 6.93. The Bertz CT molecular complexity index is 1110. The molecule has 1 N–H and O–H groups in total. The van der Waals surface area contributed by atoms with Crippen molar-refractivity contribution in [3.8, 4) is 11.5 Å². The zero-order valence-corrected chi connectivity index (χ0v) is 22.0. The molecule has 0 aliphatic carbocycles. The van der Waals surface area contributed by atoms with Gasteiger partial charge in [-0.25, -0.2) is 0 Å². The van der Waals surface area contributed by atoms with Crippen LogP contribution in [0.25, 0.3) is 6.08 Å². The minimum absolute atomic E-state index is 0.227. The molecule has 1 aliphatic rings. The number of thiocarbonyl (C=S) groups is 1. The molecule has 33 heavy (non-hydrogen) atoms. The van der Waals surface area contributed by atoms with Crippen LogP contribution in [0.1, 0.15) is 42.6 Å². The quantitative estimate of drug-likeness (QED) is 0.219. The van der Waals surface area contributed by atoms with Crippen LogP contribution in [-0.2, 0) is 4.79 Å². The van der Waals surface area contributed by atoms with E-state index in [1.165, 1.54) is 6.07 Å². The number of hydrogen-bond donors (Lipinski definition) is 1. The number of amides is 2. The number of rotatable bonds is 9. The molecule has 1 fully saturated rings. The third-order valence-electron chi connectivity index (χ3n) is 4.47. The average Bonchev–Trinajstić information content (AvgIpc) is 3.03. The van der Waals surface area contributed by atoms with Crippen LogP contribution in [0, 0.1) is 0 Å². The van der Waals surface area contributed by atoms with E-state index >= 15 is 0 Å². The number of ether oxygens (including phenoxy) is 2. The topological polar surface area (TPSA) is 67.9 Å². The summed E-state index contributed by atoms with van der Waals surface area (Å²) in [6, 6.07) is 10.1. The number of nitrogens with one attached hydrogen (secondary N) is 1. The van der Waals surface area contributed by atoms with Gasteiger partial charge in [0.05, 0.1) is 22.6 Å². The van der Waals surface area contributed by atoms with Gasteiger partial charge in [0.2, 0.25) is 0 Å². The second-order valence-corrected chi connectivity index (χ2v) is 9.90. The average molecular weight is 570 g/mol. The number of benzene rings is 2. The van der Waals surface area contributed by atoms with Crippen LogP contribution >= 0.6 is 51.5 Å². The molecule has 6 nitrogen and oxygen atoms in total. The molecule has 10 heteroatoms. The molecule has 0 spiro atoms. The molecule has 1 heterocycles.